The fourth-order valence-electron chi connectivity index (χ4n) is 3.96. The molecule has 2 heterocycles. The molecule has 1 aliphatic heterocycles. The van der Waals surface area contributed by atoms with Crippen molar-refractivity contribution in [2.45, 2.75) is 32.2 Å². The summed E-state index contributed by atoms with van der Waals surface area (Å²) in [6.07, 6.45) is 2.89. The molecule has 0 spiro atoms. The number of ether oxygens (including phenoxy) is 1. The zero-order valence-corrected chi connectivity index (χ0v) is 21.8. The Balaban J connectivity index is 1.81. The third kappa shape index (κ3) is 8.60. The van der Waals surface area contributed by atoms with Gasteiger partial charge in [-0.2, -0.15) is 0 Å². The number of carbonyl (C=O) groups excluding carboxylic acids is 3. The van der Waals surface area contributed by atoms with E-state index in [1.165, 1.54) is 15.9 Å². The van der Waals surface area contributed by atoms with Crippen LogP contribution in [-0.4, -0.2) is 99.3 Å². The van der Waals surface area contributed by atoms with E-state index in [-0.39, 0.29) is 57.9 Å². The molecule has 0 bridgehead atoms. The third-order valence-corrected chi connectivity index (χ3v) is 5.96. The lowest BCUT2D eigenvalue weighted by Gasteiger charge is -2.35. The predicted molar refractivity (Wildman–Crippen MR) is 142 cm³/mol. The van der Waals surface area contributed by atoms with Crippen molar-refractivity contribution in [3.8, 4) is 11.4 Å². The summed E-state index contributed by atoms with van der Waals surface area (Å²) >= 11 is 0. The van der Waals surface area contributed by atoms with Gasteiger partial charge in [0.05, 0.1) is 12.3 Å². The highest BCUT2D eigenvalue weighted by Gasteiger charge is 2.31. The Hall–Kier alpha value is -4.32. The van der Waals surface area contributed by atoms with E-state index in [0.717, 1.165) is 0 Å². The van der Waals surface area contributed by atoms with Gasteiger partial charge in [-0.25, -0.2) is 14.8 Å². The lowest BCUT2D eigenvalue weighted by molar-refractivity contribution is -0.138. The summed E-state index contributed by atoms with van der Waals surface area (Å²) in [5.41, 5.74) is 1.13. The highest BCUT2D eigenvalue weighted by atomic mass is 16.6. The lowest BCUT2D eigenvalue weighted by atomic mass is 10.1. The topological polar surface area (TPSA) is 162 Å². The monoisotopic (exact) mass is 539 g/mol. The van der Waals surface area contributed by atoms with Gasteiger partial charge >= 0.3 is 12.1 Å². The van der Waals surface area contributed by atoms with Crippen molar-refractivity contribution < 1.29 is 34.1 Å². The fourth-order valence-corrected chi connectivity index (χ4v) is 3.96. The molecule has 12 heteroatoms. The number of amides is 3. The largest absolute Gasteiger partial charge is 0.481 e. The quantitative estimate of drug-likeness (QED) is 0.386. The first kappa shape index (κ1) is 29.2. The number of nitrogens with zero attached hydrogens (tertiary/aromatic N) is 4. The maximum absolute atomic E-state index is 13.3. The Kier molecular flexibility index (Phi) is 10.9. The van der Waals surface area contributed by atoms with Crippen LogP contribution in [0.4, 0.5) is 4.79 Å². The van der Waals surface area contributed by atoms with E-state index >= 15 is 0 Å². The molecule has 1 aromatic heterocycles. The first-order valence-electron chi connectivity index (χ1n) is 12.8. The van der Waals surface area contributed by atoms with E-state index in [0.29, 0.717) is 23.5 Å². The summed E-state index contributed by atoms with van der Waals surface area (Å²) in [6.45, 7) is 2.89. The number of carboxylic acid groups (broad SMARTS) is 1. The summed E-state index contributed by atoms with van der Waals surface area (Å²) in [5, 5.41) is 21.0. The maximum atomic E-state index is 13.3. The molecule has 0 saturated carbocycles. The summed E-state index contributed by atoms with van der Waals surface area (Å²) in [5.74, 6) is -1.89. The summed E-state index contributed by atoms with van der Waals surface area (Å²) in [7, 11) is 0. The van der Waals surface area contributed by atoms with Gasteiger partial charge in [-0.15, -0.1) is 0 Å². The summed E-state index contributed by atoms with van der Waals surface area (Å²) in [4.78, 5) is 61.8. The highest BCUT2D eigenvalue weighted by Crippen LogP contribution is 2.17. The molecule has 39 heavy (non-hydrogen) atoms. The van der Waals surface area contributed by atoms with E-state index in [9.17, 15) is 24.3 Å². The first-order chi connectivity index (χ1) is 18.8. The molecule has 0 aliphatic carbocycles. The number of piperazine rings is 1. The van der Waals surface area contributed by atoms with Gasteiger partial charge in [0.2, 0.25) is 5.91 Å². The smallest absolute Gasteiger partial charge is 0.409 e. The van der Waals surface area contributed by atoms with E-state index < -0.39 is 29.9 Å². The Morgan fingerprint density at radius 1 is 1.08 bits per heavy atom. The van der Waals surface area contributed by atoms with Crippen LogP contribution in [-0.2, 0) is 14.3 Å². The number of benzene rings is 1. The van der Waals surface area contributed by atoms with Crippen LogP contribution in [0.5, 0.6) is 0 Å². The molecular formula is C27H33N5O7. The number of aliphatic hydroxyl groups excluding tert-OH is 1. The van der Waals surface area contributed by atoms with Crippen molar-refractivity contribution in [1.29, 1.82) is 0 Å². The van der Waals surface area contributed by atoms with Crippen molar-refractivity contribution in [2.24, 2.45) is 0 Å². The van der Waals surface area contributed by atoms with Crippen LogP contribution in [0.1, 0.15) is 42.4 Å². The van der Waals surface area contributed by atoms with E-state index in [2.05, 4.69) is 15.3 Å². The predicted octanol–water partition coefficient (Wildman–Crippen LogP) is 1.80. The summed E-state index contributed by atoms with van der Waals surface area (Å²) in [6, 6.07) is 9.43. The highest BCUT2D eigenvalue weighted by molar-refractivity contribution is 5.97. The molecule has 0 radical (unpaired) electrons. The van der Waals surface area contributed by atoms with Gasteiger partial charge in [0.15, 0.2) is 5.82 Å². The number of rotatable bonds is 11. The summed E-state index contributed by atoms with van der Waals surface area (Å²) < 4.78 is 5.01. The van der Waals surface area contributed by atoms with Crippen LogP contribution in [0.3, 0.4) is 0 Å². The average molecular weight is 540 g/mol. The van der Waals surface area contributed by atoms with Crippen LogP contribution >= 0.6 is 0 Å². The minimum Gasteiger partial charge on any atom is -0.481 e. The zero-order chi connectivity index (χ0) is 28.2. The average Bonchev–Trinajstić information content (AvgIpc) is 2.95. The van der Waals surface area contributed by atoms with Gasteiger partial charge in [0, 0.05) is 44.8 Å². The second kappa shape index (κ2) is 14.6. The molecule has 1 aromatic carbocycles. The van der Waals surface area contributed by atoms with E-state index in [1.54, 1.807) is 31.2 Å². The second-order valence-electron chi connectivity index (χ2n) is 8.75. The van der Waals surface area contributed by atoms with Gasteiger partial charge in [-0.05, 0) is 31.9 Å². The van der Waals surface area contributed by atoms with Gasteiger partial charge in [-0.3, -0.25) is 14.4 Å². The van der Waals surface area contributed by atoms with Gasteiger partial charge in [-0.1, -0.05) is 36.4 Å². The minimum atomic E-state index is -1.11. The normalized spacial score (nSPS) is 14.2. The molecule has 12 nitrogen and oxygen atoms in total. The fraction of sp³-hybridized carbons (Fsp3) is 0.407. The first-order valence-corrected chi connectivity index (χ1v) is 12.8. The third-order valence-electron chi connectivity index (χ3n) is 5.96. The molecule has 1 fully saturated rings. The molecule has 1 saturated heterocycles. The molecule has 2 aromatic rings. The number of aliphatic carboxylic acids is 1. The number of nitrogens with one attached hydrogen (secondary N) is 1. The minimum absolute atomic E-state index is 0.00718. The van der Waals surface area contributed by atoms with Crippen molar-refractivity contribution >= 4 is 30.0 Å². The molecule has 3 amide bonds. The lowest BCUT2D eigenvalue weighted by Crippen LogP contribution is -2.56. The molecular weight excluding hydrogens is 506 g/mol. The Morgan fingerprint density at radius 3 is 2.41 bits per heavy atom. The number of hydrogen-bond acceptors (Lipinski definition) is 8. The van der Waals surface area contributed by atoms with Crippen LogP contribution in [0.15, 0.2) is 42.5 Å². The van der Waals surface area contributed by atoms with Crippen molar-refractivity contribution in [2.75, 3.05) is 39.4 Å². The standard InChI is InChI=1S/C27H33N5O7/c1-2-39-27(38)32-15-13-31(14-16-32)26(37)21(11-12-23(34)35)30-25(36)22-18-20(10-6-7-17-33)28-24(29-22)19-8-4-3-5-9-19/h3-6,8-10,18,21,33H,2,7,11-17H2,1H3,(H,30,36)(H,34,35). The van der Waals surface area contributed by atoms with Gasteiger partial charge in [0.1, 0.15) is 11.7 Å². The van der Waals surface area contributed by atoms with Gasteiger partial charge < -0.3 is 30.1 Å². The number of aromatic nitrogens is 2. The Labute approximate surface area is 226 Å². The van der Waals surface area contributed by atoms with Crippen molar-refractivity contribution in [3.63, 3.8) is 0 Å². The molecule has 3 N–H and O–H groups in total. The van der Waals surface area contributed by atoms with Crippen LogP contribution < -0.4 is 5.32 Å². The van der Waals surface area contributed by atoms with Crippen molar-refractivity contribution in [3.05, 3.63) is 53.9 Å². The molecule has 1 atom stereocenters. The second-order valence-corrected chi connectivity index (χ2v) is 8.75. The van der Waals surface area contributed by atoms with Crippen LogP contribution in [0.2, 0.25) is 0 Å². The van der Waals surface area contributed by atoms with E-state index in [4.69, 9.17) is 9.84 Å². The van der Waals surface area contributed by atoms with E-state index in [1.807, 2.05) is 18.2 Å². The maximum Gasteiger partial charge on any atom is 0.409 e. The van der Waals surface area contributed by atoms with Gasteiger partial charge in [0.25, 0.3) is 5.91 Å². The number of hydrogen-bond donors (Lipinski definition) is 3. The van der Waals surface area contributed by atoms with Crippen molar-refractivity contribution in [1.82, 2.24) is 25.1 Å². The molecule has 208 valence electrons. The Bertz CT molecular complexity index is 1180. The van der Waals surface area contributed by atoms with Crippen LogP contribution in [0, 0.1) is 0 Å². The SMILES string of the molecule is CCOC(=O)N1CCN(C(=O)C(CCC(=O)O)NC(=O)c2cc(C=CCCO)nc(-c3ccccc3)n2)CC1. The number of carbonyl (C=O) groups is 4. The molecule has 1 aliphatic rings. The van der Waals surface area contributed by atoms with Crippen LogP contribution in [0.25, 0.3) is 17.5 Å². The molecule has 3 rings (SSSR count). The number of aliphatic hydroxyl groups is 1. The Morgan fingerprint density at radius 2 is 1.77 bits per heavy atom. The molecule has 1 unspecified atom stereocenters. The number of carboxylic acids is 1. The zero-order valence-electron chi connectivity index (χ0n) is 21.8.